The highest BCUT2D eigenvalue weighted by Crippen LogP contribution is 2.35. The van der Waals surface area contributed by atoms with E-state index in [0.717, 1.165) is 6.07 Å². The molecule has 1 heterocycles. The molecule has 1 aromatic rings. The van der Waals surface area contributed by atoms with Gasteiger partial charge in [-0.05, 0) is 41.4 Å². The van der Waals surface area contributed by atoms with Crippen LogP contribution in [-0.2, 0) is 4.74 Å². The van der Waals surface area contributed by atoms with Crippen molar-refractivity contribution in [2.75, 3.05) is 6.61 Å². The first-order chi connectivity index (χ1) is 8.00. The molecular formula is C12H13BrF2O2. The number of aliphatic hydroxyl groups is 1. The van der Waals surface area contributed by atoms with Crippen molar-refractivity contribution in [2.45, 2.75) is 25.6 Å². The fraction of sp³-hybridized carbons (Fsp3) is 0.500. The summed E-state index contributed by atoms with van der Waals surface area (Å²) in [4.78, 5) is 0. The van der Waals surface area contributed by atoms with Crippen molar-refractivity contribution in [2.24, 2.45) is 5.92 Å². The van der Waals surface area contributed by atoms with Gasteiger partial charge in [0.05, 0.1) is 28.9 Å². The van der Waals surface area contributed by atoms with Crippen LogP contribution in [-0.4, -0.2) is 17.8 Å². The zero-order valence-corrected chi connectivity index (χ0v) is 10.9. The molecule has 1 fully saturated rings. The van der Waals surface area contributed by atoms with Crippen LogP contribution in [0, 0.1) is 17.6 Å². The number of hydrogen-bond donors (Lipinski definition) is 1. The van der Waals surface area contributed by atoms with Gasteiger partial charge < -0.3 is 9.84 Å². The minimum absolute atomic E-state index is 0.0212. The lowest BCUT2D eigenvalue weighted by Gasteiger charge is -2.18. The fourth-order valence-corrected chi connectivity index (χ4v) is 2.47. The Balaban J connectivity index is 2.30. The first kappa shape index (κ1) is 12.9. The third kappa shape index (κ3) is 2.51. The molecule has 1 aromatic carbocycles. The third-order valence-electron chi connectivity index (χ3n) is 3.05. The van der Waals surface area contributed by atoms with Crippen LogP contribution in [0.4, 0.5) is 8.78 Å². The van der Waals surface area contributed by atoms with Gasteiger partial charge >= 0.3 is 0 Å². The second-order valence-electron chi connectivity index (χ2n) is 4.34. The third-order valence-corrected chi connectivity index (χ3v) is 3.66. The van der Waals surface area contributed by atoms with Crippen molar-refractivity contribution in [3.05, 3.63) is 33.8 Å². The Morgan fingerprint density at radius 3 is 2.76 bits per heavy atom. The second-order valence-corrected chi connectivity index (χ2v) is 5.20. The molecule has 2 nitrogen and oxygen atoms in total. The minimum Gasteiger partial charge on any atom is -0.388 e. The maximum Gasteiger partial charge on any atom is 0.146 e. The molecule has 1 saturated heterocycles. The Labute approximate surface area is 107 Å². The van der Waals surface area contributed by atoms with Gasteiger partial charge in [0.1, 0.15) is 11.6 Å². The van der Waals surface area contributed by atoms with Gasteiger partial charge in [0, 0.05) is 5.92 Å². The van der Waals surface area contributed by atoms with E-state index in [1.54, 1.807) is 0 Å². The molecule has 3 atom stereocenters. The van der Waals surface area contributed by atoms with Crippen molar-refractivity contribution >= 4 is 15.9 Å². The normalized spacial score (nSPS) is 26.2. The first-order valence-electron chi connectivity index (χ1n) is 5.43. The lowest BCUT2D eigenvalue weighted by Crippen LogP contribution is -2.16. The van der Waals surface area contributed by atoms with Crippen molar-refractivity contribution in [3.63, 3.8) is 0 Å². The number of rotatable bonds is 2. The molecule has 0 spiro atoms. The Bertz CT molecular complexity index is 425. The summed E-state index contributed by atoms with van der Waals surface area (Å²) in [7, 11) is 0. The lowest BCUT2D eigenvalue weighted by atomic mass is 9.93. The highest BCUT2D eigenvalue weighted by Gasteiger charge is 2.33. The molecule has 0 bridgehead atoms. The second kappa shape index (κ2) is 5.00. The SMILES string of the molecule is CC1CC(C(O)c2c(F)ccc(Br)c2F)CO1. The molecule has 17 heavy (non-hydrogen) atoms. The van der Waals surface area contributed by atoms with Crippen LogP contribution in [0.1, 0.15) is 25.0 Å². The maximum absolute atomic E-state index is 13.8. The van der Waals surface area contributed by atoms with Gasteiger partial charge in [0.2, 0.25) is 0 Å². The molecular weight excluding hydrogens is 294 g/mol. The minimum atomic E-state index is -1.17. The van der Waals surface area contributed by atoms with E-state index < -0.39 is 17.7 Å². The van der Waals surface area contributed by atoms with E-state index in [2.05, 4.69) is 15.9 Å². The van der Waals surface area contributed by atoms with Gasteiger partial charge in [0.25, 0.3) is 0 Å². The average molecular weight is 307 g/mol. The van der Waals surface area contributed by atoms with Gasteiger partial charge in [-0.25, -0.2) is 8.78 Å². The highest BCUT2D eigenvalue weighted by atomic mass is 79.9. The molecule has 5 heteroatoms. The number of halogens is 3. The number of benzene rings is 1. The van der Waals surface area contributed by atoms with Gasteiger partial charge in [-0.1, -0.05) is 0 Å². The summed E-state index contributed by atoms with van der Waals surface area (Å²) in [5.41, 5.74) is -0.276. The summed E-state index contributed by atoms with van der Waals surface area (Å²) in [5.74, 6) is -1.72. The van der Waals surface area contributed by atoms with Gasteiger partial charge in [-0.15, -0.1) is 0 Å². The average Bonchev–Trinajstić information content (AvgIpc) is 2.71. The van der Waals surface area contributed by atoms with E-state index >= 15 is 0 Å². The van der Waals surface area contributed by atoms with Crippen LogP contribution in [0.5, 0.6) is 0 Å². The van der Waals surface area contributed by atoms with Crippen LogP contribution in [0.3, 0.4) is 0 Å². The summed E-state index contributed by atoms with van der Waals surface area (Å²) in [6, 6.07) is 2.43. The molecule has 1 aliphatic rings. The van der Waals surface area contributed by atoms with Crippen LogP contribution in [0.25, 0.3) is 0 Å². The quantitative estimate of drug-likeness (QED) is 0.850. The predicted molar refractivity (Wildman–Crippen MR) is 62.5 cm³/mol. The molecule has 2 rings (SSSR count). The van der Waals surface area contributed by atoms with Crippen LogP contribution >= 0.6 is 15.9 Å². The molecule has 0 radical (unpaired) electrons. The lowest BCUT2D eigenvalue weighted by molar-refractivity contribution is 0.0761. The van der Waals surface area contributed by atoms with Crippen molar-refractivity contribution in [1.29, 1.82) is 0 Å². The highest BCUT2D eigenvalue weighted by molar-refractivity contribution is 9.10. The van der Waals surface area contributed by atoms with Crippen LogP contribution in [0.15, 0.2) is 16.6 Å². The Hall–Kier alpha value is -0.520. The first-order valence-corrected chi connectivity index (χ1v) is 6.23. The Kier molecular flexibility index (Phi) is 3.80. The van der Waals surface area contributed by atoms with E-state index in [4.69, 9.17) is 4.74 Å². The van der Waals surface area contributed by atoms with Gasteiger partial charge in [-0.3, -0.25) is 0 Å². The molecule has 0 saturated carbocycles. The molecule has 1 aliphatic heterocycles. The number of ether oxygens (including phenoxy) is 1. The predicted octanol–water partition coefficient (Wildman–Crippen LogP) is 3.19. The fourth-order valence-electron chi connectivity index (χ4n) is 2.12. The number of hydrogen-bond acceptors (Lipinski definition) is 2. The Morgan fingerprint density at radius 2 is 2.18 bits per heavy atom. The van der Waals surface area contributed by atoms with E-state index in [-0.39, 0.29) is 22.1 Å². The van der Waals surface area contributed by atoms with Crippen molar-refractivity contribution in [3.8, 4) is 0 Å². The summed E-state index contributed by atoms with van der Waals surface area (Å²) in [5, 5.41) is 10.0. The number of aliphatic hydroxyl groups excluding tert-OH is 1. The topological polar surface area (TPSA) is 29.5 Å². The molecule has 1 N–H and O–H groups in total. The summed E-state index contributed by atoms with van der Waals surface area (Å²) in [6.45, 7) is 2.20. The largest absolute Gasteiger partial charge is 0.388 e. The van der Waals surface area contributed by atoms with Gasteiger partial charge in [0.15, 0.2) is 0 Å². The monoisotopic (exact) mass is 306 g/mol. The molecule has 0 aromatic heterocycles. The molecule has 0 amide bonds. The molecule has 0 aliphatic carbocycles. The standard InChI is InChI=1S/C12H13BrF2O2/c1-6-4-7(5-17-6)12(16)10-9(14)3-2-8(13)11(10)15/h2-3,6-7,12,16H,4-5H2,1H3. The van der Waals surface area contributed by atoms with Crippen LogP contribution in [0.2, 0.25) is 0 Å². The zero-order valence-electron chi connectivity index (χ0n) is 9.29. The van der Waals surface area contributed by atoms with E-state index in [1.165, 1.54) is 6.07 Å². The summed E-state index contributed by atoms with van der Waals surface area (Å²) < 4.78 is 32.8. The van der Waals surface area contributed by atoms with Crippen molar-refractivity contribution < 1.29 is 18.6 Å². The summed E-state index contributed by atoms with van der Waals surface area (Å²) >= 11 is 2.98. The van der Waals surface area contributed by atoms with E-state index in [0.29, 0.717) is 13.0 Å². The molecule has 94 valence electrons. The maximum atomic E-state index is 13.8. The smallest absolute Gasteiger partial charge is 0.146 e. The van der Waals surface area contributed by atoms with Gasteiger partial charge in [-0.2, -0.15) is 0 Å². The molecule has 3 unspecified atom stereocenters. The zero-order chi connectivity index (χ0) is 12.6. The summed E-state index contributed by atoms with van der Waals surface area (Å²) in [6.07, 6.45) is -0.544. The van der Waals surface area contributed by atoms with E-state index in [1.807, 2.05) is 6.92 Å². The van der Waals surface area contributed by atoms with E-state index in [9.17, 15) is 13.9 Å². The Morgan fingerprint density at radius 1 is 1.47 bits per heavy atom. The van der Waals surface area contributed by atoms with Crippen molar-refractivity contribution in [1.82, 2.24) is 0 Å². The van der Waals surface area contributed by atoms with Crippen LogP contribution < -0.4 is 0 Å².